The molecule has 0 saturated carbocycles. The van der Waals surface area contributed by atoms with Crippen LogP contribution in [0.2, 0.25) is 0 Å². The Morgan fingerprint density at radius 1 is 1.44 bits per heavy atom. The van der Waals surface area contributed by atoms with Gasteiger partial charge in [-0.2, -0.15) is 0 Å². The molecule has 1 aromatic carbocycles. The molecule has 0 aliphatic heterocycles. The first-order valence-electron chi connectivity index (χ1n) is 4.49. The number of carbonyl (C=O) groups excluding carboxylic acids is 1. The molecule has 1 rings (SSSR count). The van der Waals surface area contributed by atoms with Crippen molar-refractivity contribution >= 4 is 11.5 Å². The summed E-state index contributed by atoms with van der Waals surface area (Å²) < 4.78 is 0. The lowest BCUT2D eigenvalue weighted by Gasteiger charge is -2.06. The zero-order valence-corrected chi connectivity index (χ0v) is 8.53. The first-order valence-corrected chi connectivity index (χ1v) is 4.49. The molecule has 0 radical (unpaired) electrons. The van der Waals surface area contributed by atoms with Crippen LogP contribution in [0, 0.1) is 10.1 Å². The summed E-state index contributed by atoms with van der Waals surface area (Å²) in [5.41, 5.74) is -0.0222. The molecule has 1 N–H and O–H groups in total. The third kappa shape index (κ3) is 2.41. The molecule has 1 aromatic rings. The van der Waals surface area contributed by atoms with E-state index in [1.165, 1.54) is 19.1 Å². The van der Waals surface area contributed by atoms with Crippen molar-refractivity contribution in [2.75, 3.05) is 0 Å². The fourth-order valence-electron chi connectivity index (χ4n) is 1.25. The van der Waals surface area contributed by atoms with Crippen LogP contribution in [0.15, 0.2) is 35.5 Å². The second-order valence-electron chi connectivity index (χ2n) is 3.16. The molecule has 0 bridgehead atoms. The maximum absolute atomic E-state index is 11.8. The van der Waals surface area contributed by atoms with Crippen molar-refractivity contribution in [3.8, 4) is 0 Å². The Morgan fingerprint density at radius 3 is 2.44 bits per heavy atom. The Bertz CT molecular complexity index is 428. The van der Waals surface area contributed by atoms with Crippen LogP contribution in [0.3, 0.4) is 0 Å². The summed E-state index contributed by atoms with van der Waals surface area (Å²) >= 11 is 0. The predicted octanol–water partition coefficient (Wildman–Crippen LogP) is 1.36. The van der Waals surface area contributed by atoms with Gasteiger partial charge in [-0.1, -0.05) is 35.5 Å². The second kappa shape index (κ2) is 5.01. The van der Waals surface area contributed by atoms with Crippen LogP contribution in [-0.2, 0) is 0 Å². The van der Waals surface area contributed by atoms with Gasteiger partial charge in [0.05, 0.1) is 0 Å². The van der Waals surface area contributed by atoms with Crippen molar-refractivity contribution in [1.29, 1.82) is 0 Å². The molecule has 0 heterocycles. The second-order valence-corrected chi connectivity index (χ2v) is 3.16. The molecule has 6 heteroatoms. The number of benzene rings is 1. The molecule has 6 nitrogen and oxygen atoms in total. The average Bonchev–Trinajstić information content (AvgIpc) is 2.29. The minimum absolute atomic E-state index is 0.215. The van der Waals surface area contributed by atoms with Crippen LogP contribution in [0.25, 0.3) is 0 Å². The maximum Gasteiger partial charge on any atom is 0.315 e. The van der Waals surface area contributed by atoms with Gasteiger partial charge < -0.3 is 5.21 Å². The molecule has 16 heavy (non-hydrogen) atoms. The van der Waals surface area contributed by atoms with Crippen molar-refractivity contribution in [2.24, 2.45) is 5.16 Å². The molecule has 1 unspecified atom stereocenters. The van der Waals surface area contributed by atoms with Crippen molar-refractivity contribution < 1.29 is 14.9 Å². The molecule has 0 aliphatic carbocycles. The van der Waals surface area contributed by atoms with Gasteiger partial charge in [-0.05, 0) is 6.92 Å². The van der Waals surface area contributed by atoms with Gasteiger partial charge in [0.1, 0.15) is 5.71 Å². The van der Waals surface area contributed by atoms with Crippen LogP contribution >= 0.6 is 0 Å². The molecular formula is C10H10N2O4. The Kier molecular flexibility index (Phi) is 3.71. The normalized spacial score (nSPS) is 13.2. The molecule has 0 aromatic heterocycles. The molecule has 1 atom stereocenters. The van der Waals surface area contributed by atoms with Gasteiger partial charge in [-0.3, -0.25) is 14.9 Å². The molecule has 0 spiro atoms. The van der Waals surface area contributed by atoms with E-state index in [0.717, 1.165) is 0 Å². The Morgan fingerprint density at radius 2 is 2.00 bits per heavy atom. The highest BCUT2D eigenvalue weighted by Crippen LogP contribution is 2.07. The van der Waals surface area contributed by atoms with Crippen LogP contribution in [0.4, 0.5) is 0 Å². The first kappa shape index (κ1) is 11.8. The molecule has 0 fully saturated rings. The number of rotatable bonds is 4. The van der Waals surface area contributed by atoms with E-state index in [2.05, 4.69) is 5.16 Å². The van der Waals surface area contributed by atoms with E-state index in [0.29, 0.717) is 0 Å². The summed E-state index contributed by atoms with van der Waals surface area (Å²) in [7, 11) is 0. The molecule has 0 saturated heterocycles. The predicted molar refractivity (Wildman–Crippen MR) is 56.5 cm³/mol. The van der Waals surface area contributed by atoms with Crippen molar-refractivity contribution in [2.45, 2.75) is 13.0 Å². The minimum Gasteiger partial charge on any atom is -0.411 e. The van der Waals surface area contributed by atoms with Gasteiger partial charge >= 0.3 is 6.04 Å². The SMILES string of the molecule is CC(=NO)C(C(=O)c1ccccc1)[N+](=O)[O-]. The van der Waals surface area contributed by atoms with Gasteiger partial charge in [0.2, 0.25) is 5.78 Å². The van der Waals surface area contributed by atoms with E-state index in [9.17, 15) is 14.9 Å². The highest BCUT2D eigenvalue weighted by atomic mass is 16.6. The highest BCUT2D eigenvalue weighted by molar-refractivity contribution is 6.13. The maximum atomic E-state index is 11.8. The number of nitro groups is 1. The van der Waals surface area contributed by atoms with Crippen molar-refractivity contribution in [3.05, 3.63) is 46.0 Å². The number of oxime groups is 1. The Labute approximate surface area is 91.3 Å². The number of carbonyl (C=O) groups is 1. The summed E-state index contributed by atoms with van der Waals surface area (Å²) in [6.45, 7) is 1.23. The molecule has 84 valence electrons. The van der Waals surface area contributed by atoms with Gasteiger partial charge in [0.15, 0.2) is 0 Å². The fraction of sp³-hybridized carbons (Fsp3) is 0.200. The number of nitrogens with zero attached hydrogens (tertiary/aromatic N) is 2. The minimum atomic E-state index is -1.63. The Hall–Kier alpha value is -2.24. The average molecular weight is 222 g/mol. The van der Waals surface area contributed by atoms with E-state index in [1.807, 2.05) is 0 Å². The van der Waals surface area contributed by atoms with Crippen LogP contribution in [-0.4, -0.2) is 27.7 Å². The zero-order valence-electron chi connectivity index (χ0n) is 8.53. The van der Waals surface area contributed by atoms with E-state index in [1.54, 1.807) is 18.2 Å². The first-order chi connectivity index (χ1) is 7.57. The summed E-state index contributed by atoms with van der Waals surface area (Å²) in [6, 6.07) is 6.23. The summed E-state index contributed by atoms with van der Waals surface area (Å²) in [6.07, 6.45) is 0. The third-order valence-electron chi connectivity index (χ3n) is 2.07. The highest BCUT2D eigenvalue weighted by Gasteiger charge is 2.34. The van der Waals surface area contributed by atoms with Crippen molar-refractivity contribution in [1.82, 2.24) is 0 Å². The van der Waals surface area contributed by atoms with Crippen LogP contribution < -0.4 is 0 Å². The lowest BCUT2D eigenvalue weighted by atomic mass is 10.0. The summed E-state index contributed by atoms with van der Waals surface area (Å²) in [4.78, 5) is 21.7. The monoisotopic (exact) mass is 222 g/mol. The van der Waals surface area contributed by atoms with E-state index >= 15 is 0 Å². The molecule has 0 amide bonds. The van der Waals surface area contributed by atoms with Gasteiger partial charge in [-0.15, -0.1) is 0 Å². The van der Waals surface area contributed by atoms with E-state index < -0.39 is 16.7 Å². The third-order valence-corrected chi connectivity index (χ3v) is 2.07. The largest absolute Gasteiger partial charge is 0.411 e. The summed E-state index contributed by atoms with van der Waals surface area (Å²) in [5.74, 6) is -0.694. The lowest BCUT2D eigenvalue weighted by Crippen LogP contribution is -2.36. The quantitative estimate of drug-likeness (QED) is 0.273. The van der Waals surface area contributed by atoms with Crippen LogP contribution in [0.5, 0.6) is 0 Å². The van der Waals surface area contributed by atoms with Gasteiger partial charge in [-0.25, -0.2) is 0 Å². The topological polar surface area (TPSA) is 92.8 Å². The zero-order chi connectivity index (χ0) is 12.1. The smallest absolute Gasteiger partial charge is 0.315 e. The lowest BCUT2D eigenvalue weighted by molar-refractivity contribution is -0.486. The number of ketones is 1. The molecule has 0 aliphatic rings. The Balaban J connectivity index is 3.07. The van der Waals surface area contributed by atoms with Crippen molar-refractivity contribution in [3.63, 3.8) is 0 Å². The van der Waals surface area contributed by atoms with E-state index in [-0.39, 0.29) is 11.3 Å². The number of hydrogen-bond donors (Lipinski definition) is 1. The van der Waals surface area contributed by atoms with Crippen LogP contribution in [0.1, 0.15) is 17.3 Å². The number of hydrogen-bond acceptors (Lipinski definition) is 5. The van der Waals surface area contributed by atoms with E-state index in [4.69, 9.17) is 5.21 Å². The van der Waals surface area contributed by atoms with Gasteiger partial charge in [0, 0.05) is 10.5 Å². The number of Topliss-reactive ketones (excluding diaryl/α,β-unsaturated/α-hetero) is 1. The summed E-state index contributed by atoms with van der Waals surface area (Å²) in [5, 5.41) is 21.9. The fourth-order valence-corrected chi connectivity index (χ4v) is 1.25. The van der Waals surface area contributed by atoms with Gasteiger partial charge in [0.25, 0.3) is 0 Å². The molecular weight excluding hydrogens is 212 g/mol. The standard InChI is InChI=1S/C10H10N2O4/c1-7(11-14)9(12(15)16)10(13)8-5-3-2-4-6-8/h2-6,9,14H,1H3.